The summed E-state index contributed by atoms with van der Waals surface area (Å²) in [5.41, 5.74) is 28.2. The third kappa shape index (κ3) is 26.0. The lowest BCUT2D eigenvalue weighted by molar-refractivity contribution is -0.128. The van der Waals surface area contributed by atoms with Crippen molar-refractivity contribution in [2.45, 2.75) is 222 Å². The lowest BCUT2D eigenvalue weighted by Gasteiger charge is -2.34. The van der Waals surface area contributed by atoms with E-state index in [0.29, 0.717) is 23.1 Å². The van der Waals surface area contributed by atoms with Crippen LogP contribution in [-0.4, -0.2) is 273 Å². The van der Waals surface area contributed by atoms with Gasteiger partial charge in [-0.2, -0.15) is 15.0 Å². The van der Waals surface area contributed by atoms with Gasteiger partial charge in [0.1, 0.15) is 121 Å². The molecule has 0 bridgehead atoms. The van der Waals surface area contributed by atoms with E-state index in [1.807, 2.05) is 0 Å². The zero-order valence-electron chi connectivity index (χ0n) is 76.5. The number of carbonyl (C=O) groups is 2. The number of imide groups is 1. The molecule has 8 aromatic rings. The number of amides is 3. The summed E-state index contributed by atoms with van der Waals surface area (Å²) in [6, 6.07) is -0.888. The molecule has 8 aliphatic rings. The molecule has 16 heterocycles. The number of aromatic nitrogens is 16. The van der Waals surface area contributed by atoms with Crippen LogP contribution in [0.5, 0.6) is 0 Å². The second-order valence-electron chi connectivity index (χ2n) is 34.2. The highest BCUT2D eigenvalue weighted by Crippen LogP contribution is 2.59. The van der Waals surface area contributed by atoms with Crippen molar-refractivity contribution in [2.24, 2.45) is 5.92 Å². The van der Waals surface area contributed by atoms with Crippen molar-refractivity contribution in [3.63, 3.8) is 0 Å². The second-order valence-corrected chi connectivity index (χ2v) is 53.8. The van der Waals surface area contributed by atoms with Crippen LogP contribution in [0.15, 0.2) is 74.1 Å². The van der Waals surface area contributed by atoms with E-state index in [4.69, 9.17) is 208 Å². The lowest BCUT2D eigenvalue weighted by atomic mass is 10.1. The maximum atomic E-state index is 13.6. The van der Waals surface area contributed by atoms with E-state index in [-0.39, 0.29) is 108 Å². The Balaban J connectivity index is 0.603. The number of hydrogen-bond acceptors (Lipinski definition) is 49. The average Bonchev–Trinajstić information content (AvgIpc) is 1.62. The Morgan fingerprint density at radius 2 is 0.660 bits per heavy atom. The third-order valence-corrected chi connectivity index (χ3v) is 35.5. The minimum atomic E-state index is -4.72. The highest BCUT2D eigenvalue weighted by atomic mass is 32.5. The number of carbonyl (C=O) groups excluding carboxylic acids is 2. The molecule has 0 saturated carbocycles. The molecular formula is C72H100N23O35P7S7. The molecule has 15 unspecified atom stereocenters. The molecule has 58 nitrogen and oxygen atoms in total. The molecule has 3 amide bonds. The number of rotatable bonds is 41. The van der Waals surface area contributed by atoms with Gasteiger partial charge in [0.25, 0.3) is 5.56 Å². The van der Waals surface area contributed by atoms with Crippen molar-refractivity contribution >= 4 is 193 Å². The van der Waals surface area contributed by atoms with Crippen LogP contribution in [0.25, 0.3) is 22.3 Å². The first kappa shape index (κ1) is 110. The number of anilines is 5. The van der Waals surface area contributed by atoms with Gasteiger partial charge in [0.15, 0.2) is 22.9 Å². The molecule has 0 aromatic carbocycles. The summed E-state index contributed by atoms with van der Waals surface area (Å²) >= 11 is 39.1. The van der Waals surface area contributed by atoms with Crippen molar-refractivity contribution < 1.29 is 140 Å². The predicted octanol–water partition coefficient (Wildman–Crippen LogP) is 1.53. The van der Waals surface area contributed by atoms with Crippen LogP contribution in [0.3, 0.4) is 0 Å². The fraction of sp³-hybridized carbons (Fsp3) is 0.611. The molecule has 790 valence electrons. The molecule has 19 N–H and O–H groups in total. The Hall–Kier alpha value is -6.21. The zero-order chi connectivity index (χ0) is 104. The number of H-pyrrole nitrogens is 1. The van der Waals surface area contributed by atoms with Crippen LogP contribution < -0.4 is 62.3 Å². The zero-order valence-corrected chi connectivity index (χ0v) is 88.5. The Morgan fingerprint density at radius 1 is 0.382 bits per heavy atom. The Bertz CT molecular complexity index is 6890. The van der Waals surface area contributed by atoms with E-state index >= 15 is 0 Å². The summed E-state index contributed by atoms with van der Waals surface area (Å²) in [5.74, 6) is -1.49. The maximum absolute atomic E-state index is 13.6. The van der Waals surface area contributed by atoms with Crippen LogP contribution >= 0.6 is 47.0 Å². The number of imidazole rings is 2. The van der Waals surface area contributed by atoms with Gasteiger partial charge in [-0.3, -0.25) is 52.2 Å². The molecule has 8 saturated heterocycles. The molecular weight excluding hydrogens is 2190 g/mol. The highest BCUT2D eigenvalue weighted by Gasteiger charge is 2.53. The van der Waals surface area contributed by atoms with Gasteiger partial charge in [-0.1, -0.05) is 13.8 Å². The quantitative estimate of drug-likeness (QED) is 0.0242. The summed E-state index contributed by atoms with van der Waals surface area (Å²) in [7, 11) is 1.14. The predicted molar refractivity (Wildman–Crippen MR) is 525 cm³/mol. The minimum absolute atomic E-state index is 0.0141. The van der Waals surface area contributed by atoms with Crippen LogP contribution in [0.4, 0.5) is 33.9 Å². The number of nitrogen functional groups attached to an aromatic ring is 5. The Labute approximate surface area is 849 Å². The van der Waals surface area contributed by atoms with Gasteiger partial charge in [0.05, 0.1) is 107 Å². The summed E-state index contributed by atoms with van der Waals surface area (Å²) in [6.45, 7) is -26.5. The number of ether oxygens (including phenoxy) is 7. The molecule has 8 aromatic heterocycles. The van der Waals surface area contributed by atoms with Gasteiger partial charge in [0, 0.05) is 106 Å². The molecule has 29 atom stereocenters. The van der Waals surface area contributed by atoms with Crippen LogP contribution in [-0.2, 0) is 184 Å². The number of nitrogens with zero attached hydrogens (tertiary/aromatic N) is 16. The lowest BCUT2D eigenvalue weighted by Crippen LogP contribution is -2.57. The first-order valence-corrected chi connectivity index (χ1v) is 61.8. The average molecular weight is 2290 g/mol. The number of nitrogens with two attached hydrogens (primary N) is 5. The maximum Gasteiger partial charge on any atom is 0.351 e. The molecule has 8 fully saturated rings. The molecule has 8 aliphatic heterocycles. The van der Waals surface area contributed by atoms with E-state index < -0.39 is 262 Å². The summed E-state index contributed by atoms with van der Waals surface area (Å²) in [5, 5.41) is 2.26. The van der Waals surface area contributed by atoms with Crippen molar-refractivity contribution in [2.75, 3.05) is 82.0 Å². The molecule has 144 heavy (non-hydrogen) atoms. The SMILES string of the molecule is CC[C@H]1O[C@@H](n2cc(C)c(N)nc2=O)CC1OP(O)(=S)OC[C@H]1O[C@@H](n2cc(C)c(N)nc2=O)CC1OP(O)(=S)OC[C@H]1O[C@@H](n2cc(C)c(N)nc2=O)CC1OP(O)(=S)OC[C@H]1O[C@@H](n2cnc3c(N)ncnc32)CC1OP(O)(=S)OC[C@H]1O[C@@H](N2CC(C)C(=O)NC2=O)CC1OP(O)(=S)OC[C@H]1O[C@@H](n2cc(C)c(=O)[nH]c2=O)CC1OP(O)(=S)OC[C@H]1O[C@@H](n2cnc3c(N)ncnc32)CC1OP(O)(=S)OC. The van der Waals surface area contributed by atoms with E-state index in [9.17, 15) is 67.8 Å². The van der Waals surface area contributed by atoms with E-state index in [0.717, 1.165) is 32.0 Å². The normalized spacial score (nSPS) is 30.8. The monoisotopic (exact) mass is 2290 g/mol. The summed E-state index contributed by atoms with van der Waals surface area (Å²) in [4.78, 5) is 216. The van der Waals surface area contributed by atoms with Crippen LogP contribution in [0.2, 0.25) is 0 Å². The molecule has 16 rings (SSSR count). The van der Waals surface area contributed by atoms with Crippen molar-refractivity contribution in [3.8, 4) is 0 Å². The summed E-state index contributed by atoms with van der Waals surface area (Å²) in [6.07, 6.45) is -17.0. The van der Waals surface area contributed by atoms with Gasteiger partial charge in [0.2, 0.25) is 5.91 Å². The number of aryl methyl sites for hydroxylation is 4. The topological polar surface area (TPSA) is 762 Å². The molecule has 0 spiro atoms. The van der Waals surface area contributed by atoms with E-state index in [2.05, 4.69) is 55.2 Å². The number of nitrogens with one attached hydrogen (secondary N) is 2. The first-order chi connectivity index (χ1) is 67.8. The summed E-state index contributed by atoms with van der Waals surface area (Å²) < 4.78 is 136. The molecule has 0 aliphatic carbocycles. The number of hydrogen-bond donors (Lipinski definition) is 14. The van der Waals surface area contributed by atoms with Crippen molar-refractivity contribution in [1.29, 1.82) is 0 Å². The second kappa shape index (κ2) is 44.6. The van der Waals surface area contributed by atoms with Gasteiger partial charge in [-0.25, -0.2) is 53.9 Å². The number of fused-ring (bicyclic) bond motifs is 2. The van der Waals surface area contributed by atoms with E-state index in [1.165, 1.54) is 71.3 Å². The Kier molecular flexibility index (Phi) is 34.2. The first-order valence-electron chi connectivity index (χ1n) is 43.7. The van der Waals surface area contributed by atoms with Gasteiger partial charge >= 0.3 is 75.8 Å². The van der Waals surface area contributed by atoms with Gasteiger partial charge < -0.3 is 159 Å². The fourth-order valence-electron chi connectivity index (χ4n) is 16.9. The van der Waals surface area contributed by atoms with Crippen molar-refractivity contribution in [3.05, 3.63) is 125 Å². The van der Waals surface area contributed by atoms with E-state index in [1.54, 1.807) is 27.7 Å². The number of urea groups is 1. The third-order valence-electron chi connectivity index (χ3n) is 24.2. The van der Waals surface area contributed by atoms with Crippen molar-refractivity contribution in [1.82, 2.24) is 87.5 Å². The smallest absolute Gasteiger partial charge is 0.351 e. The highest BCUT2D eigenvalue weighted by molar-refractivity contribution is 8.09. The fourth-order valence-corrected chi connectivity index (χ4v) is 26.7. The van der Waals surface area contributed by atoms with Crippen LogP contribution in [0.1, 0.15) is 125 Å². The minimum Gasteiger partial charge on any atom is -0.383 e. The van der Waals surface area contributed by atoms with Gasteiger partial charge in [-0.05, 0) is 117 Å². The standard InChI is InChI=1S/C72H100N23O35P7S7/c1-8-36-37(9-50(117-36)89-16-31(2)59(73)84-68(89)98)125-132(104,139)111-22-45-39(10-51(118-45)90-17-32(3)60(74)85-69(90)99)126-134(106,141)113-23-46-40(11-52(119-46)91-18-33(4)61(75)86-70(91)100)127-136(108,143)116-26-49-43(15-56(123-49)95-30-83-58-63(77)79-28-81-65(58)95)130-137(109,144)115-25-48-42(13-54(121-48)93-20-35(6)67(97)88-72(93)102)129-135(107,142)114-24-47-41(12-53(120-47)92-19-34(5)66(96)87-71(92)101)128-133(105,140)112-21-44-38(124-131(103,138)110-7)14-55(122-44)94-29-82-57-62(76)78-27-80-64(57)94/h16-19,27-30,35-56H,8-15,20-26H2,1-7H3,(H,103,138)(H,104,139)(H,105,140)(H,106,141)(H,107,142)(H,108,143)(H,109,144)(H2,73,84,98)(H2,74,85,99)(H2,75,86,100)(H2,76,78,80)(H2,77,79,81)(H,87,96,101)(H,88,97,102)/t35?,36-,37?,38?,39?,40?,41?,42?,43?,44-,45-,46-,47-,48-,49-,50-,51-,52-,53-,54-,55-,56-,131?,132?,133?,134?,135?,136?,137?/m1/s1. The van der Waals surface area contributed by atoms with Gasteiger partial charge in [-0.15, -0.1) is 0 Å². The molecule has 0 radical (unpaired) electrons. The molecule has 72 heteroatoms. The van der Waals surface area contributed by atoms with Crippen LogP contribution in [0, 0.1) is 33.6 Å². The number of aromatic amines is 1. The Morgan fingerprint density at radius 3 is 0.979 bits per heavy atom. The largest absolute Gasteiger partial charge is 0.383 e.